The normalized spacial score (nSPS) is 23.0. The number of benzene rings is 1. The fraction of sp³-hybridized carbons (Fsp3) is 0.556. The van der Waals surface area contributed by atoms with Crippen molar-refractivity contribution < 1.29 is 24.2 Å². The zero-order valence-electron chi connectivity index (χ0n) is 14.6. The van der Waals surface area contributed by atoms with Gasteiger partial charge in [0.25, 0.3) is 0 Å². The Labute approximate surface area is 147 Å². The maximum Gasteiger partial charge on any atom is 0.328 e. The van der Waals surface area contributed by atoms with Gasteiger partial charge < -0.3 is 19.5 Å². The molecule has 1 spiro atoms. The molecule has 2 heterocycles. The molecule has 7 nitrogen and oxygen atoms in total. The van der Waals surface area contributed by atoms with Crippen LogP contribution in [0.1, 0.15) is 18.4 Å². The Kier molecular flexibility index (Phi) is 4.96. The maximum atomic E-state index is 13.0. The molecule has 0 unspecified atom stereocenters. The molecule has 1 aromatic carbocycles. The summed E-state index contributed by atoms with van der Waals surface area (Å²) < 4.78 is 11.0. The van der Waals surface area contributed by atoms with Gasteiger partial charge in [-0.25, -0.2) is 4.79 Å². The number of piperidine rings is 1. The first kappa shape index (κ1) is 17.7. The standard InChI is InChI=1S/C18H24N2O5/c1-19-9-7-18(8-10-19)20(15(12-25-18)17(22)23)16(21)11-13-3-5-14(24-2)6-4-13/h3-6,15H,7-12H2,1-2H3,(H,22,23)/t15-/m0/s1. The Hall–Kier alpha value is -2.12. The molecule has 2 fully saturated rings. The number of ether oxygens (including phenoxy) is 2. The van der Waals surface area contributed by atoms with Crippen LogP contribution in [0.5, 0.6) is 5.75 Å². The van der Waals surface area contributed by atoms with E-state index in [1.54, 1.807) is 19.2 Å². The Bertz CT molecular complexity index is 637. The smallest absolute Gasteiger partial charge is 0.328 e. The van der Waals surface area contributed by atoms with Crippen molar-refractivity contribution in [3.63, 3.8) is 0 Å². The first-order valence-corrected chi connectivity index (χ1v) is 8.45. The number of carbonyl (C=O) groups is 2. The second-order valence-electron chi connectivity index (χ2n) is 6.70. The van der Waals surface area contributed by atoms with Crippen LogP contribution < -0.4 is 4.74 Å². The van der Waals surface area contributed by atoms with Gasteiger partial charge in [-0.2, -0.15) is 0 Å². The lowest BCUT2D eigenvalue weighted by Gasteiger charge is -2.43. The largest absolute Gasteiger partial charge is 0.497 e. The van der Waals surface area contributed by atoms with Gasteiger partial charge in [0.05, 0.1) is 20.1 Å². The van der Waals surface area contributed by atoms with Gasteiger partial charge >= 0.3 is 5.97 Å². The second kappa shape index (κ2) is 7.01. The van der Waals surface area contributed by atoms with Crippen molar-refractivity contribution in [2.45, 2.75) is 31.0 Å². The predicted octanol–water partition coefficient (Wildman–Crippen LogP) is 0.972. The van der Waals surface area contributed by atoms with E-state index < -0.39 is 17.7 Å². The lowest BCUT2D eigenvalue weighted by atomic mass is 9.97. The lowest BCUT2D eigenvalue weighted by Crippen LogP contribution is -2.58. The van der Waals surface area contributed by atoms with Gasteiger partial charge in [0.2, 0.25) is 5.91 Å². The summed E-state index contributed by atoms with van der Waals surface area (Å²) in [5.74, 6) is -0.505. The third-order valence-electron chi connectivity index (χ3n) is 5.10. The Morgan fingerprint density at radius 1 is 1.28 bits per heavy atom. The van der Waals surface area contributed by atoms with Crippen LogP contribution in [0.2, 0.25) is 0 Å². The van der Waals surface area contributed by atoms with E-state index in [0.717, 1.165) is 24.4 Å². The number of likely N-dealkylation sites (tertiary alicyclic amines) is 1. The summed E-state index contributed by atoms with van der Waals surface area (Å²) in [4.78, 5) is 28.3. The van der Waals surface area contributed by atoms with Gasteiger partial charge in [0.15, 0.2) is 6.04 Å². The number of hydrogen-bond acceptors (Lipinski definition) is 5. The molecule has 0 saturated carbocycles. The summed E-state index contributed by atoms with van der Waals surface area (Å²) in [6.07, 6.45) is 1.40. The fourth-order valence-electron chi connectivity index (χ4n) is 3.60. The van der Waals surface area contributed by atoms with E-state index in [0.29, 0.717) is 12.8 Å². The number of nitrogens with zero attached hydrogens (tertiary/aromatic N) is 2. The average Bonchev–Trinajstić information content (AvgIpc) is 2.98. The van der Waals surface area contributed by atoms with Gasteiger partial charge in [-0.05, 0) is 24.7 Å². The maximum absolute atomic E-state index is 13.0. The van der Waals surface area contributed by atoms with Gasteiger partial charge in [0, 0.05) is 25.9 Å². The molecule has 1 N–H and O–H groups in total. The van der Waals surface area contributed by atoms with Gasteiger partial charge in [-0.3, -0.25) is 9.69 Å². The summed E-state index contributed by atoms with van der Waals surface area (Å²) in [5.41, 5.74) is 0.0315. The Morgan fingerprint density at radius 2 is 1.92 bits per heavy atom. The predicted molar refractivity (Wildman–Crippen MR) is 90.4 cm³/mol. The first-order valence-electron chi connectivity index (χ1n) is 8.45. The van der Waals surface area contributed by atoms with Crippen LogP contribution in [0.15, 0.2) is 24.3 Å². The van der Waals surface area contributed by atoms with Crippen LogP contribution >= 0.6 is 0 Å². The Balaban J connectivity index is 1.81. The summed E-state index contributed by atoms with van der Waals surface area (Å²) in [6.45, 7) is 1.60. The van der Waals surface area contributed by atoms with Crippen LogP contribution in [-0.2, 0) is 20.7 Å². The molecule has 2 saturated heterocycles. The van der Waals surface area contributed by atoms with Crippen molar-refractivity contribution in [3.8, 4) is 5.75 Å². The van der Waals surface area contributed by atoms with E-state index in [9.17, 15) is 14.7 Å². The average molecular weight is 348 g/mol. The number of carboxylic acid groups (broad SMARTS) is 1. The molecule has 136 valence electrons. The van der Waals surface area contributed by atoms with Crippen LogP contribution in [-0.4, -0.2) is 72.4 Å². The molecule has 0 radical (unpaired) electrons. The molecule has 0 aromatic heterocycles. The van der Waals surface area contributed by atoms with Crippen molar-refractivity contribution in [1.82, 2.24) is 9.80 Å². The molecule has 1 aromatic rings. The van der Waals surface area contributed by atoms with E-state index in [1.807, 2.05) is 19.2 Å². The molecule has 0 aliphatic carbocycles. The summed E-state index contributed by atoms with van der Waals surface area (Å²) >= 11 is 0. The van der Waals surface area contributed by atoms with Crippen molar-refractivity contribution in [1.29, 1.82) is 0 Å². The molecule has 25 heavy (non-hydrogen) atoms. The minimum atomic E-state index is -1.01. The molecule has 1 atom stereocenters. The molecule has 2 aliphatic rings. The summed E-state index contributed by atoms with van der Waals surface area (Å²) in [6, 6.07) is 6.32. The van der Waals surface area contributed by atoms with Crippen molar-refractivity contribution in [3.05, 3.63) is 29.8 Å². The molecule has 7 heteroatoms. The Morgan fingerprint density at radius 3 is 2.48 bits per heavy atom. The van der Waals surface area contributed by atoms with Crippen LogP contribution in [0.4, 0.5) is 0 Å². The highest BCUT2D eigenvalue weighted by Crippen LogP contribution is 2.37. The van der Waals surface area contributed by atoms with E-state index in [2.05, 4.69) is 4.90 Å². The van der Waals surface area contributed by atoms with Crippen LogP contribution in [0.25, 0.3) is 0 Å². The van der Waals surface area contributed by atoms with Crippen molar-refractivity contribution in [2.75, 3.05) is 33.9 Å². The molecule has 3 rings (SSSR count). The zero-order chi connectivity index (χ0) is 18.0. The number of aliphatic carboxylic acids is 1. The third-order valence-corrected chi connectivity index (χ3v) is 5.10. The second-order valence-corrected chi connectivity index (χ2v) is 6.70. The highest BCUT2D eigenvalue weighted by Gasteiger charge is 2.53. The minimum Gasteiger partial charge on any atom is -0.497 e. The molecular weight excluding hydrogens is 324 g/mol. The minimum absolute atomic E-state index is 0.0490. The first-order chi connectivity index (χ1) is 11.9. The number of hydrogen-bond donors (Lipinski definition) is 1. The van der Waals surface area contributed by atoms with E-state index in [1.165, 1.54) is 4.90 Å². The fourth-order valence-corrected chi connectivity index (χ4v) is 3.60. The van der Waals surface area contributed by atoms with Gasteiger partial charge in [-0.15, -0.1) is 0 Å². The number of carboxylic acids is 1. The molecule has 1 amide bonds. The highest BCUT2D eigenvalue weighted by atomic mass is 16.5. The quantitative estimate of drug-likeness (QED) is 0.874. The summed E-state index contributed by atoms with van der Waals surface area (Å²) in [5, 5.41) is 9.53. The van der Waals surface area contributed by atoms with E-state index in [4.69, 9.17) is 9.47 Å². The SMILES string of the molecule is COc1ccc(CC(=O)N2[C@H](C(=O)O)COC23CCN(C)CC3)cc1. The zero-order valence-corrected chi connectivity index (χ0v) is 14.6. The van der Waals surface area contributed by atoms with E-state index >= 15 is 0 Å². The number of carbonyl (C=O) groups excluding carboxylic acids is 1. The van der Waals surface area contributed by atoms with Crippen LogP contribution in [0, 0.1) is 0 Å². The number of rotatable bonds is 4. The van der Waals surface area contributed by atoms with Crippen molar-refractivity contribution in [2.24, 2.45) is 0 Å². The molecular formula is C18H24N2O5. The van der Waals surface area contributed by atoms with Gasteiger partial charge in [0.1, 0.15) is 11.5 Å². The third kappa shape index (κ3) is 3.48. The summed E-state index contributed by atoms with van der Waals surface area (Å²) in [7, 11) is 3.60. The van der Waals surface area contributed by atoms with E-state index in [-0.39, 0.29) is 18.9 Å². The molecule has 0 bridgehead atoms. The monoisotopic (exact) mass is 348 g/mol. The topological polar surface area (TPSA) is 79.3 Å². The van der Waals surface area contributed by atoms with Gasteiger partial charge in [-0.1, -0.05) is 12.1 Å². The van der Waals surface area contributed by atoms with Crippen molar-refractivity contribution >= 4 is 11.9 Å². The highest BCUT2D eigenvalue weighted by molar-refractivity contribution is 5.86. The lowest BCUT2D eigenvalue weighted by molar-refractivity contribution is -0.164. The number of methoxy groups -OCH3 is 1. The number of amides is 1. The molecule has 2 aliphatic heterocycles. The van der Waals surface area contributed by atoms with Crippen LogP contribution in [0.3, 0.4) is 0 Å².